The van der Waals surface area contributed by atoms with Crippen molar-refractivity contribution in [3.05, 3.63) is 115 Å². The molecule has 0 unspecified atom stereocenters. The van der Waals surface area contributed by atoms with Crippen LogP contribution in [0, 0.1) is 19.3 Å². The predicted octanol–water partition coefficient (Wildman–Crippen LogP) is 3.44. The van der Waals surface area contributed by atoms with E-state index in [1.54, 1.807) is 0 Å². The molecular weight excluding hydrogens is 808 g/mol. The number of rotatable bonds is 18. The molecule has 0 aliphatic rings. The molecule has 0 bridgehead atoms. The molecule has 15 nitrogen and oxygen atoms in total. The van der Waals surface area contributed by atoms with Crippen LogP contribution in [0.5, 0.6) is 11.5 Å². The van der Waals surface area contributed by atoms with Crippen molar-refractivity contribution in [2.24, 2.45) is 0 Å². The number of carbonyl (C=O) groups is 2. The standard InChI is InChI=1S/C39H43F6N7O8/c1-23-31(59-17-15-53)21-29(35(57)51(23)27-9-3-7-25(19-27)38(40,41)42)33(55)47-11-5-13-49-37(46)50-14-6-12-48-34(56)30-22-32(60-18-16-54)24(2)52(36(30)58)28-10-4-8-26(20-28)39(43,44)45/h3-4,7-10,19-22,53-54H,5-6,11-18H2,1-2H3,(H,47,55)(H,48,56)(H3,46,49,50). The van der Waals surface area contributed by atoms with Crippen LogP contribution in [-0.2, 0) is 12.4 Å². The van der Waals surface area contributed by atoms with Gasteiger partial charge in [0.2, 0.25) is 0 Å². The van der Waals surface area contributed by atoms with E-state index < -0.39 is 70.8 Å². The second-order valence-corrected chi connectivity index (χ2v) is 13.0. The summed E-state index contributed by atoms with van der Waals surface area (Å²) in [7, 11) is 0. The maximum absolute atomic E-state index is 13.4. The molecular formula is C39H43F6N7O8. The number of benzene rings is 2. The van der Waals surface area contributed by atoms with Crippen molar-refractivity contribution in [3.63, 3.8) is 0 Å². The van der Waals surface area contributed by atoms with Crippen molar-refractivity contribution in [2.75, 3.05) is 52.6 Å². The quantitative estimate of drug-likeness (QED) is 0.0336. The van der Waals surface area contributed by atoms with Crippen LogP contribution in [0.3, 0.4) is 0 Å². The van der Waals surface area contributed by atoms with Gasteiger partial charge >= 0.3 is 12.4 Å². The summed E-state index contributed by atoms with van der Waals surface area (Å²) < 4.78 is 93.3. The highest BCUT2D eigenvalue weighted by molar-refractivity contribution is 5.95. The summed E-state index contributed by atoms with van der Waals surface area (Å²) >= 11 is 0. The number of pyridine rings is 2. The molecule has 4 rings (SSSR count). The first-order valence-corrected chi connectivity index (χ1v) is 18.4. The molecule has 7 N–H and O–H groups in total. The van der Waals surface area contributed by atoms with Crippen LogP contribution in [0.1, 0.15) is 56.1 Å². The Morgan fingerprint density at radius 3 is 1.35 bits per heavy atom. The molecule has 21 heteroatoms. The average Bonchev–Trinajstić information content (AvgIpc) is 3.19. The fourth-order valence-corrected chi connectivity index (χ4v) is 5.81. The number of aliphatic hydroxyl groups is 2. The monoisotopic (exact) mass is 851 g/mol. The molecule has 2 heterocycles. The number of nitrogens with zero attached hydrogens (tertiary/aromatic N) is 2. The van der Waals surface area contributed by atoms with Gasteiger partial charge in [0.15, 0.2) is 5.96 Å². The lowest BCUT2D eigenvalue weighted by molar-refractivity contribution is -0.138. The maximum atomic E-state index is 13.4. The van der Waals surface area contributed by atoms with Crippen molar-refractivity contribution in [1.82, 2.24) is 30.4 Å². The van der Waals surface area contributed by atoms with Crippen LogP contribution in [0.15, 0.2) is 70.3 Å². The molecule has 4 aromatic rings. The number of halogens is 6. The second kappa shape index (κ2) is 20.6. The number of ether oxygens (including phenoxy) is 2. The lowest BCUT2D eigenvalue weighted by Crippen LogP contribution is -2.40. The summed E-state index contributed by atoms with van der Waals surface area (Å²) in [6.07, 6.45) is -8.85. The van der Waals surface area contributed by atoms with Crippen molar-refractivity contribution < 1.29 is 55.6 Å². The number of nitrogens with one attached hydrogen (secondary N) is 5. The Hall–Kier alpha value is -6.35. The molecule has 60 heavy (non-hydrogen) atoms. The van der Waals surface area contributed by atoms with Crippen molar-refractivity contribution >= 4 is 17.8 Å². The van der Waals surface area contributed by atoms with Gasteiger partial charge in [0.05, 0.1) is 35.7 Å². The Morgan fingerprint density at radius 1 is 0.633 bits per heavy atom. The van der Waals surface area contributed by atoms with Crippen molar-refractivity contribution in [3.8, 4) is 22.9 Å². The summed E-state index contributed by atoms with van der Waals surface area (Å²) in [5.74, 6) is -1.78. The van der Waals surface area contributed by atoms with Crippen LogP contribution in [-0.4, -0.2) is 89.7 Å². The fraction of sp³-hybridized carbons (Fsp3) is 0.359. The van der Waals surface area contributed by atoms with E-state index in [4.69, 9.17) is 14.9 Å². The third-order valence-corrected chi connectivity index (χ3v) is 8.73. The summed E-state index contributed by atoms with van der Waals surface area (Å²) in [4.78, 5) is 53.0. The molecule has 0 saturated heterocycles. The fourth-order valence-electron chi connectivity index (χ4n) is 5.81. The summed E-state index contributed by atoms with van der Waals surface area (Å²) in [5, 5.41) is 37.2. The Bertz CT molecular complexity index is 2140. The number of hydrogen-bond donors (Lipinski definition) is 7. The zero-order valence-corrected chi connectivity index (χ0v) is 32.4. The van der Waals surface area contributed by atoms with Gasteiger partial charge in [-0.25, -0.2) is 0 Å². The van der Waals surface area contributed by atoms with Gasteiger partial charge in [-0.2, -0.15) is 26.3 Å². The van der Waals surface area contributed by atoms with E-state index in [9.17, 15) is 55.7 Å². The number of aliphatic hydroxyl groups excluding tert-OH is 2. The molecule has 0 aliphatic heterocycles. The van der Waals surface area contributed by atoms with Crippen LogP contribution >= 0.6 is 0 Å². The predicted molar refractivity (Wildman–Crippen MR) is 206 cm³/mol. The SMILES string of the molecule is Cc1c(OCCO)cc(C(=O)NCCCNC(=N)NCCCNC(=O)c2cc(OCCO)c(C)n(-c3cccc(C(F)(F)F)c3)c2=O)c(=O)n1-c1cccc(C(F)(F)F)c1. The van der Waals surface area contributed by atoms with Gasteiger partial charge in [0.25, 0.3) is 22.9 Å². The molecule has 0 radical (unpaired) electrons. The number of guanidine groups is 1. The van der Waals surface area contributed by atoms with Crippen LogP contribution in [0.25, 0.3) is 11.4 Å². The third-order valence-electron chi connectivity index (χ3n) is 8.73. The van der Waals surface area contributed by atoms with Gasteiger partial charge in [-0.05, 0) is 63.1 Å². The minimum Gasteiger partial charge on any atom is -0.489 e. The zero-order valence-electron chi connectivity index (χ0n) is 32.4. The van der Waals surface area contributed by atoms with Gasteiger partial charge in [0, 0.05) is 49.7 Å². The van der Waals surface area contributed by atoms with E-state index in [1.165, 1.54) is 26.0 Å². The average molecular weight is 852 g/mol. The molecule has 0 atom stereocenters. The minimum atomic E-state index is -4.69. The Balaban J connectivity index is 1.29. The molecule has 0 fully saturated rings. The highest BCUT2D eigenvalue weighted by Crippen LogP contribution is 2.32. The lowest BCUT2D eigenvalue weighted by atomic mass is 10.1. The maximum Gasteiger partial charge on any atom is 0.416 e. The summed E-state index contributed by atoms with van der Waals surface area (Å²) in [5.41, 5.74) is -4.74. The van der Waals surface area contributed by atoms with E-state index >= 15 is 0 Å². The lowest BCUT2D eigenvalue weighted by Gasteiger charge is -2.18. The van der Waals surface area contributed by atoms with E-state index in [2.05, 4.69) is 21.3 Å². The van der Waals surface area contributed by atoms with E-state index in [0.717, 1.165) is 57.7 Å². The molecule has 0 spiro atoms. The molecule has 2 amide bonds. The first-order chi connectivity index (χ1) is 28.4. The first-order valence-electron chi connectivity index (χ1n) is 18.4. The van der Waals surface area contributed by atoms with Crippen LogP contribution < -0.4 is 41.9 Å². The van der Waals surface area contributed by atoms with Crippen LogP contribution in [0.4, 0.5) is 26.3 Å². The number of amides is 2. The normalized spacial score (nSPS) is 11.5. The number of carbonyl (C=O) groups excluding carboxylic acids is 2. The number of alkyl halides is 6. The van der Waals surface area contributed by atoms with Gasteiger partial charge in [-0.15, -0.1) is 0 Å². The van der Waals surface area contributed by atoms with E-state index in [0.29, 0.717) is 0 Å². The van der Waals surface area contributed by atoms with Gasteiger partial charge in [0.1, 0.15) is 35.8 Å². The van der Waals surface area contributed by atoms with Crippen molar-refractivity contribution in [2.45, 2.75) is 39.0 Å². The van der Waals surface area contributed by atoms with Crippen LogP contribution in [0.2, 0.25) is 0 Å². The van der Waals surface area contributed by atoms with E-state index in [-0.39, 0.29) is 92.5 Å². The number of aromatic nitrogens is 2. The first kappa shape index (κ1) is 46.3. The van der Waals surface area contributed by atoms with Gasteiger partial charge in [-0.3, -0.25) is 33.7 Å². The van der Waals surface area contributed by atoms with E-state index in [1.807, 2.05) is 0 Å². The molecule has 0 saturated carbocycles. The second-order valence-electron chi connectivity index (χ2n) is 13.0. The topological polar surface area (TPSA) is 209 Å². The Labute approximate surface area is 338 Å². The number of hydrogen-bond acceptors (Lipinski definition) is 9. The minimum absolute atomic E-state index is 0.00239. The summed E-state index contributed by atoms with van der Waals surface area (Å²) in [6, 6.07) is 10.3. The Morgan fingerprint density at radius 2 is 1.00 bits per heavy atom. The molecule has 2 aromatic carbocycles. The third kappa shape index (κ3) is 11.9. The molecule has 324 valence electrons. The summed E-state index contributed by atoms with van der Waals surface area (Å²) in [6.45, 7) is 2.02. The highest BCUT2D eigenvalue weighted by Gasteiger charge is 2.32. The Kier molecular flexibility index (Phi) is 15.9. The largest absolute Gasteiger partial charge is 0.489 e. The highest BCUT2D eigenvalue weighted by atomic mass is 19.4. The smallest absolute Gasteiger partial charge is 0.416 e. The van der Waals surface area contributed by atoms with Crippen molar-refractivity contribution in [1.29, 1.82) is 5.41 Å². The zero-order chi connectivity index (χ0) is 44.2. The molecule has 2 aromatic heterocycles. The van der Waals surface area contributed by atoms with Gasteiger partial charge in [-0.1, -0.05) is 12.1 Å². The van der Waals surface area contributed by atoms with Gasteiger partial charge < -0.3 is 41.0 Å². The molecule has 0 aliphatic carbocycles.